The van der Waals surface area contributed by atoms with Crippen LogP contribution in [0.3, 0.4) is 0 Å². The van der Waals surface area contributed by atoms with Crippen molar-refractivity contribution in [1.29, 1.82) is 0 Å². The molecule has 0 aromatic heterocycles. The molecule has 2 rings (SSSR count). The van der Waals surface area contributed by atoms with Crippen LogP contribution in [0.25, 0.3) is 0 Å². The smallest absolute Gasteiger partial charge is 0.335 e. The van der Waals surface area contributed by atoms with E-state index in [0.717, 1.165) is 0 Å². The molecule has 0 saturated carbocycles. The van der Waals surface area contributed by atoms with E-state index in [0.29, 0.717) is 4.90 Å². The number of rotatable bonds is 2. The van der Waals surface area contributed by atoms with Crippen molar-refractivity contribution in [2.45, 2.75) is 19.7 Å². The van der Waals surface area contributed by atoms with E-state index in [9.17, 15) is 14.4 Å². The number of benzene rings is 1. The molecule has 21 heavy (non-hydrogen) atoms. The van der Waals surface area contributed by atoms with Crippen molar-refractivity contribution in [2.24, 2.45) is 0 Å². The molecule has 1 heterocycles. The second kappa shape index (κ2) is 5.91. The molecule has 8 heteroatoms. The molecule has 0 unspecified atom stereocenters. The van der Waals surface area contributed by atoms with Gasteiger partial charge in [0.05, 0.1) is 7.06 Å². The highest BCUT2D eigenvalue weighted by atomic mass is 35.5. The first-order valence-corrected chi connectivity index (χ1v) is 6.27. The van der Waals surface area contributed by atoms with E-state index in [-0.39, 0.29) is 20.6 Å². The summed E-state index contributed by atoms with van der Waals surface area (Å²) in [5.74, 6) is -0.864. The van der Waals surface area contributed by atoms with Crippen molar-refractivity contribution in [3.8, 4) is 0 Å². The summed E-state index contributed by atoms with van der Waals surface area (Å²) in [7, 11) is 0. The van der Waals surface area contributed by atoms with Gasteiger partial charge in [-0.3, -0.25) is 4.79 Å². The molecule has 0 aliphatic carbocycles. The Morgan fingerprint density at radius 2 is 1.95 bits per heavy atom. The topological polar surface area (TPSA) is 69.7 Å². The number of hydrogen-bond donors (Lipinski definition) is 1. The normalized spacial score (nSPS) is 21.7. The van der Waals surface area contributed by atoms with Crippen molar-refractivity contribution in [3.05, 3.63) is 28.2 Å². The predicted octanol–water partition coefficient (Wildman–Crippen LogP) is 2.88. The average molecular weight is 337 g/mol. The molecule has 1 aromatic carbocycles. The lowest BCUT2D eigenvalue weighted by Gasteiger charge is -2.18. The first kappa shape index (κ1) is 8.60. The van der Waals surface area contributed by atoms with Gasteiger partial charge >= 0.3 is 12.1 Å². The van der Waals surface area contributed by atoms with Gasteiger partial charge in [0.2, 0.25) is 0 Å². The highest BCUT2D eigenvalue weighted by Gasteiger charge is 2.41. The van der Waals surface area contributed by atoms with Crippen LogP contribution in [-0.4, -0.2) is 35.4 Å². The molecule has 1 saturated heterocycles. The number of halogens is 2. The zero-order valence-corrected chi connectivity index (χ0v) is 11.8. The van der Waals surface area contributed by atoms with Gasteiger partial charge in [-0.15, -0.1) is 0 Å². The summed E-state index contributed by atoms with van der Waals surface area (Å²) in [6.45, 7) is -7.69. The average Bonchev–Trinajstić information content (AvgIpc) is 2.78. The second-order valence-electron chi connectivity index (χ2n) is 4.03. The Labute approximate surface area is 141 Å². The van der Waals surface area contributed by atoms with E-state index in [2.05, 4.69) is 0 Å². The molecule has 0 bridgehead atoms. The van der Waals surface area contributed by atoms with Crippen molar-refractivity contribution in [1.82, 2.24) is 10.2 Å². The molecule has 1 aromatic rings. The molecule has 1 N–H and O–H groups in total. The minimum Gasteiger partial charge on any atom is -0.335 e. The molecule has 5 amide bonds. The SMILES string of the molecule is [2H]C([2H])([2H])C([2H])(NC(=O)N1CC(=O)N(c2cc(Cl)cc(Cl)c2)C1=O)C([2H])([2H])[2H]. The lowest BCUT2D eigenvalue weighted by atomic mass is 10.3. The van der Waals surface area contributed by atoms with Gasteiger partial charge in [0.25, 0.3) is 5.91 Å². The number of nitrogens with zero attached hydrogens (tertiary/aromatic N) is 2. The molecular formula is C13H13Cl2N3O3. The Morgan fingerprint density at radius 1 is 1.33 bits per heavy atom. The molecule has 1 fully saturated rings. The van der Waals surface area contributed by atoms with Crippen LogP contribution in [0, 0.1) is 0 Å². The van der Waals surface area contributed by atoms with Gasteiger partial charge in [-0.1, -0.05) is 23.2 Å². The number of hydrogen-bond acceptors (Lipinski definition) is 3. The second-order valence-corrected chi connectivity index (χ2v) is 4.90. The summed E-state index contributed by atoms with van der Waals surface area (Å²) in [6.07, 6.45) is 0. The van der Waals surface area contributed by atoms with E-state index in [1.165, 1.54) is 23.5 Å². The van der Waals surface area contributed by atoms with Crippen LogP contribution in [0.2, 0.25) is 10.0 Å². The number of urea groups is 2. The maximum Gasteiger partial charge on any atom is 0.340 e. The van der Waals surface area contributed by atoms with Gasteiger partial charge in [-0.2, -0.15) is 0 Å². The number of amides is 5. The monoisotopic (exact) mass is 336 g/mol. The summed E-state index contributed by atoms with van der Waals surface area (Å²) in [5.41, 5.74) is -0.0356. The first-order valence-electron chi connectivity index (χ1n) is 9.01. The van der Waals surface area contributed by atoms with Crippen LogP contribution in [0.15, 0.2) is 18.2 Å². The van der Waals surface area contributed by atoms with Crippen LogP contribution < -0.4 is 10.2 Å². The quantitative estimate of drug-likeness (QED) is 0.844. The zero-order chi connectivity index (χ0) is 21.7. The third-order valence-electron chi connectivity index (χ3n) is 2.55. The summed E-state index contributed by atoms with van der Waals surface area (Å²) in [4.78, 5) is 37.9. The van der Waals surface area contributed by atoms with Crippen molar-refractivity contribution < 1.29 is 24.0 Å². The van der Waals surface area contributed by atoms with Gasteiger partial charge in [-0.25, -0.2) is 19.4 Å². The molecule has 1 aliphatic rings. The van der Waals surface area contributed by atoms with Gasteiger partial charge in [0, 0.05) is 24.3 Å². The van der Waals surface area contributed by atoms with Crippen LogP contribution in [0.4, 0.5) is 15.3 Å². The molecule has 0 atom stereocenters. The van der Waals surface area contributed by atoms with Crippen molar-refractivity contribution >= 4 is 46.9 Å². The summed E-state index contributed by atoms with van der Waals surface area (Å²) < 4.78 is 51.4. The zero-order valence-electron chi connectivity index (χ0n) is 17.3. The standard InChI is InChI=1S/C13H13Cl2N3O3/c1-7(2)16-12(20)17-6-11(19)18(13(17)21)10-4-8(14)3-9(15)5-10/h3-5,7H,6H2,1-2H3,(H,16,20)/i1D3,2D3,7D. The Hall–Kier alpha value is -1.79. The fraction of sp³-hybridized carbons (Fsp3) is 0.308. The number of carbonyl (C=O) groups excluding carboxylic acids is 3. The number of nitrogens with one attached hydrogen (secondary N) is 1. The van der Waals surface area contributed by atoms with E-state index >= 15 is 0 Å². The predicted molar refractivity (Wildman–Crippen MR) is 79.7 cm³/mol. The Morgan fingerprint density at radius 3 is 2.52 bits per heavy atom. The highest BCUT2D eigenvalue weighted by molar-refractivity contribution is 6.35. The molecule has 112 valence electrons. The Balaban J connectivity index is 2.33. The molecule has 1 aliphatic heterocycles. The fourth-order valence-electron chi connectivity index (χ4n) is 1.76. The maximum absolute atomic E-state index is 12.5. The minimum absolute atomic E-state index is 0.0356. The summed E-state index contributed by atoms with van der Waals surface area (Å²) >= 11 is 11.7. The van der Waals surface area contributed by atoms with Crippen molar-refractivity contribution in [2.75, 3.05) is 11.4 Å². The number of imide groups is 2. The van der Waals surface area contributed by atoms with Crippen molar-refractivity contribution in [3.63, 3.8) is 0 Å². The lowest BCUT2D eigenvalue weighted by Crippen LogP contribution is -2.45. The van der Waals surface area contributed by atoms with Crippen LogP contribution in [-0.2, 0) is 4.79 Å². The Bertz CT molecular complexity index is 809. The van der Waals surface area contributed by atoms with Gasteiger partial charge < -0.3 is 5.32 Å². The van der Waals surface area contributed by atoms with Crippen LogP contribution in [0.1, 0.15) is 23.3 Å². The highest BCUT2D eigenvalue weighted by Crippen LogP contribution is 2.28. The van der Waals surface area contributed by atoms with E-state index < -0.39 is 44.2 Å². The maximum atomic E-state index is 12.5. The minimum atomic E-state index is -3.44. The first-order chi connectivity index (χ1) is 12.6. The number of anilines is 1. The largest absolute Gasteiger partial charge is 0.340 e. The fourth-order valence-corrected chi connectivity index (χ4v) is 2.27. The molecule has 0 radical (unpaired) electrons. The lowest BCUT2D eigenvalue weighted by molar-refractivity contribution is -0.116. The molecular weight excluding hydrogens is 317 g/mol. The summed E-state index contributed by atoms with van der Waals surface area (Å²) in [6, 6.07) is -2.26. The summed E-state index contributed by atoms with van der Waals surface area (Å²) in [5, 5.41) is 1.76. The third-order valence-corrected chi connectivity index (χ3v) is 2.98. The number of carbonyl (C=O) groups is 3. The van der Waals surface area contributed by atoms with E-state index in [1.54, 1.807) is 0 Å². The van der Waals surface area contributed by atoms with Gasteiger partial charge in [0.15, 0.2) is 0 Å². The molecule has 6 nitrogen and oxygen atoms in total. The van der Waals surface area contributed by atoms with Crippen LogP contribution >= 0.6 is 23.2 Å². The van der Waals surface area contributed by atoms with E-state index in [1.807, 2.05) is 0 Å². The molecule has 0 spiro atoms. The van der Waals surface area contributed by atoms with E-state index in [4.69, 9.17) is 32.8 Å². The Kier molecular flexibility index (Phi) is 2.42. The van der Waals surface area contributed by atoms with Gasteiger partial charge in [-0.05, 0) is 31.9 Å². The van der Waals surface area contributed by atoms with Gasteiger partial charge in [0.1, 0.15) is 6.54 Å². The third kappa shape index (κ3) is 3.28. The van der Waals surface area contributed by atoms with Crippen LogP contribution in [0.5, 0.6) is 0 Å².